The van der Waals surface area contributed by atoms with Gasteiger partial charge in [-0.2, -0.15) is 0 Å². The van der Waals surface area contributed by atoms with Crippen LogP contribution in [0.3, 0.4) is 0 Å². The van der Waals surface area contributed by atoms with E-state index in [-0.39, 0.29) is 11.8 Å². The third kappa shape index (κ3) is 5.65. The zero-order valence-electron chi connectivity index (χ0n) is 12.9. The summed E-state index contributed by atoms with van der Waals surface area (Å²) in [7, 11) is -3.24. The van der Waals surface area contributed by atoms with Crippen LogP contribution < -0.4 is 10.6 Å². The van der Waals surface area contributed by atoms with Gasteiger partial charge in [-0.15, -0.1) is 0 Å². The number of amides is 2. The van der Waals surface area contributed by atoms with E-state index < -0.39 is 21.9 Å². The maximum Gasteiger partial charge on any atom is 0.315 e. The maximum absolute atomic E-state index is 12.2. The van der Waals surface area contributed by atoms with Gasteiger partial charge in [0.25, 0.3) is 0 Å². The fourth-order valence-corrected chi connectivity index (χ4v) is 3.59. The SMILES string of the molecule is CC(NC(=O)NC(CS(C)(=O)=O)c1ccccc1)c1ccns1. The minimum atomic E-state index is -3.24. The monoisotopic (exact) mass is 353 g/mol. The van der Waals surface area contributed by atoms with Crippen molar-refractivity contribution in [3.63, 3.8) is 0 Å². The van der Waals surface area contributed by atoms with Crippen molar-refractivity contribution < 1.29 is 13.2 Å². The Hall–Kier alpha value is -1.93. The van der Waals surface area contributed by atoms with Crippen LogP contribution in [0.4, 0.5) is 4.79 Å². The first kappa shape index (κ1) is 17.4. The van der Waals surface area contributed by atoms with Crippen LogP contribution in [0.5, 0.6) is 0 Å². The number of rotatable bonds is 6. The van der Waals surface area contributed by atoms with Crippen molar-refractivity contribution in [2.24, 2.45) is 0 Å². The molecule has 2 rings (SSSR count). The smallest absolute Gasteiger partial charge is 0.315 e. The highest BCUT2D eigenvalue weighted by atomic mass is 32.2. The molecule has 2 atom stereocenters. The van der Waals surface area contributed by atoms with Gasteiger partial charge in [-0.1, -0.05) is 30.3 Å². The number of urea groups is 1. The summed E-state index contributed by atoms with van der Waals surface area (Å²) in [5, 5.41) is 5.53. The molecule has 1 aromatic heterocycles. The Morgan fingerprint density at radius 1 is 1.22 bits per heavy atom. The first-order valence-electron chi connectivity index (χ1n) is 7.05. The third-order valence-electron chi connectivity index (χ3n) is 3.21. The fourth-order valence-electron chi connectivity index (χ4n) is 2.13. The van der Waals surface area contributed by atoms with Crippen molar-refractivity contribution in [3.8, 4) is 0 Å². The Balaban J connectivity index is 2.06. The lowest BCUT2D eigenvalue weighted by Crippen LogP contribution is -2.41. The number of hydrogen-bond donors (Lipinski definition) is 2. The summed E-state index contributed by atoms with van der Waals surface area (Å²) in [4.78, 5) is 13.1. The Labute approximate surface area is 140 Å². The molecule has 0 saturated heterocycles. The van der Waals surface area contributed by atoms with Crippen LogP contribution >= 0.6 is 11.5 Å². The lowest BCUT2D eigenvalue weighted by atomic mass is 10.1. The number of carbonyl (C=O) groups is 1. The molecule has 1 heterocycles. The lowest BCUT2D eigenvalue weighted by molar-refractivity contribution is 0.235. The number of hydrogen-bond acceptors (Lipinski definition) is 5. The van der Waals surface area contributed by atoms with E-state index in [0.29, 0.717) is 0 Å². The zero-order valence-corrected chi connectivity index (χ0v) is 14.5. The van der Waals surface area contributed by atoms with Crippen LogP contribution in [-0.2, 0) is 9.84 Å². The predicted octanol–water partition coefficient (Wildman–Crippen LogP) is 2.29. The molecule has 124 valence electrons. The molecule has 6 nitrogen and oxygen atoms in total. The van der Waals surface area contributed by atoms with Gasteiger partial charge >= 0.3 is 6.03 Å². The molecule has 0 aliphatic rings. The van der Waals surface area contributed by atoms with Crippen LogP contribution in [0.2, 0.25) is 0 Å². The van der Waals surface area contributed by atoms with Gasteiger partial charge in [0.15, 0.2) is 0 Å². The summed E-state index contributed by atoms with van der Waals surface area (Å²) in [6.07, 6.45) is 2.83. The summed E-state index contributed by atoms with van der Waals surface area (Å²) in [6.45, 7) is 1.85. The molecule has 2 aromatic rings. The van der Waals surface area contributed by atoms with E-state index in [1.165, 1.54) is 11.5 Å². The molecular formula is C15H19N3O3S2. The molecule has 0 aliphatic heterocycles. The Morgan fingerprint density at radius 3 is 2.48 bits per heavy atom. The highest BCUT2D eigenvalue weighted by molar-refractivity contribution is 7.90. The van der Waals surface area contributed by atoms with Gasteiger partial charge in [0.1, 0.15) is 9.84 Å². The average molecular weight is 353 g/mol. The molecule has 8 heteroatoms. The standard InChI is InChI=1S/C15H19N3O3S2/c1-11(14-8-9-16-22-14)17-15(19)18-13(10-23(2,20)21)12-6-4-3-5-7-12/h3-9,11,13H,10H2,1-2H3,(H2,17,18,19). The molecule has 0 saturated carbocycles. The van der Waals surface area contributed by atoms with Crippen LogP contribution in [-0.4, -0.2) is 30.8 Å². The molecule has 0 aliphatic carbocycles. The summed E-state index contributed by atoms with van der Waals surface area (Å²) in [5.41, 5.74) is 0.749. The molecule has 2 unspecified atom stereocenters. The van der Waals surface area contributed by atoms with E-state index in [1.54, 1.807) is 18.3 Å². The molecule has 23 heavy (non-hydrogen) atoms. The van der Waals surface area contributed by atoms with Gasteiger partial charge < -0.3 is 10.6 Å². The summed E-state index contributed by atoms with van der Waals surface area (Å²) < 4.78 is 27.3. The van der Waals surface area contributed by atoms with E-state index >= 15 is 0 Å². The Kier molecular flexibility index (Phi) is 5.73. The van der Waals surface area contributed by atoms with Crippen LogP contribution in [0.25, 0.3) is 0 Å². The van der Waals surface area contributed by atoms with Crippen molar-refractivity contribution in [1.29, 1.82) is 0 Å². The van der Waals surface area contributed by atoms with Gasteiger partial charge in [-0.05, 0) is 30.1 Å². The van der Waals surface area contributed by atoms with E-state index in [1.807, 2.05) is 31.2 Å². The van der Waals surface area contributed by atoms with Gasteiger partial charge in [-0.25, -0.2) is 17.6 Å². The molecule has 0 fully saturated rings. The van der Waals surface area contributed by atoms with Gasteiger partial charge in [0.05, 0.1) is 17.8 Å². The van der Waals surface area contributed by atoms with Crippen LogP contribution in [0.1, 0.15) is 29.4 Å². The quantitative estimate of drug-likeness (QED) is 0.834. The minimum Gasteiger partial charge on any atom is -0.331 e. The number of nitrogens with one attached hydrogen (secondary N) is 2. The maximum atomic E-state index is 12.2. The van der Waals surface area contributed by atoms with Crippen LogP contribution in [0.15, 0.2) is 42.6 Å². The minimum absolute atomic E-state index is 0.153. The van der Waals surface area contributed by atoms with Gasteiger partial charge in [0, 0.05) is 17.3 Å². The number of nitrogens with zero attached hydrogens (tertiary/aromatic N) is 1. The molecule has 0 spiro atoms. The van der Waals surface area contributed by atoms with E-state index in [0.717, 1.165) is 16.7 Å². The summed E-state index contributed by atoms with van der Waals surface area (Å²) in [5.74, 6) is -0.153. The van der Waals surface area contributed by atoms with Crippen molar-refractivity contribution in [2.45, 2.75) is 19.0 Å². The third-order valence-corrected chi connectivity index (χ3v) is 5.08. The zero-order chi connectivity index (χ0) is 16.9. The predicted molar refractivity (Wildman–Crippen MR) is 91.1 cm³/mol. The largest absolute Gasteiger partial charge is 0.331 e. The van der Waals surface area contributed by atoms with E-state index in [4.69, 9.17) is 0 Å². The highest BCUT2D eigenvalue weighted by Crippen LogP contribution is 2.17. The molecular weight excluding hydrogens is 334 g/mol. The van der Waals surface area contributed by atoms with E-state index in [2.05, 4.69) is 15.0 Å². The topological polar surface area (TPSA) is 88.2 Å². The van der Waals surface area contributed by atoms with Crippen molar-refractivity contribution in [3.05, 3.63) is 53.0 Å². The Morgan fingerprint density at radius 2 is 1.91 bits per heavy atom. The van der Waals surface area contributed by atoms with Gasteiger partial charge in [-0.3, -0.25) is 0 Å². The normalized spacial score (nSPS) is 14.0. The van der Waals surface area contributed by atoms with Crippen molar-refractivity contribution >= 4 is 27.4 Å². The number of carbonyl (C=O) groups excluding carboxylic acids is 1. The molecule has 1 aromatic carbocycles. The fraction of sp³-hybridized carbons (Fsp3) is 0.333. The second-order valence-corrected chi connectivity index (χ2v) is 8.36. The number of benzene rings is 1. The van der Waals surface area contributed by atoms with Crippen molar-refractivity contribution in [2.75, 3.05) is 12.0 Å². The summed E-state index contributed by atoms with van der Waals surface area (Å²) in [6, 6.07) is 9.67. The number of sulfone groups is 1. The molecule has 0 bridgehead atoms. The molecule has 2 amide bonds. The summed E-state index contributed by atoms with van der Waals surface area (Å²) >= 11 is 1.31. The first-order valence-corrected chi connectivity index (χ1v) is 9.89. The first-order chi connectivity index (χ1) is 10.8. The Bertz CT molecular complexity index is 731. The van der Waals surface area contributed by atoms with Gasteiger partial charge in [0.2, 0.25) is 0 Å². The molecule has 2 N–H and O–H groups in total. The highest BCUT2D eigenvalue weighted by Gasteiger charge is 2.20. The van der Waals surface area contributed by atoms with Crippen LogP contribution in [0, 0.1) is 0 Å². The number of aromatic nitrogens is 1. The average Bonchev–Trinajstić information content (AvgIpc) is 3.00. The van der Waals surface area contributed by atoms with Crippen molar-refractivity contribution in [1.82, 2.24) is 15.0 Å². The molecule has 0 radical (unpaired) electrons. The lowest BCUT2D eigenvalue weighted by Gasteiger charge is -2.20. The van der Waals surface area contributed by atoms with E-state index in [9.17, 15) is 13.2 Å². The second-order valence-electron chi connectivity index (χ2n) is 5.31. The second kappa shape index (κ2) is 7.56.